The molecule has 1 aromatic carbocycles. The summed E-state index contributed by atoms with van der Waals surface area (Å²) in [5, 5.41) is 5.12. The lowest BCUT2D eigenvalue weighted by Crippen LogP contribution is -2.08. The lowest BCUT2D eigenvalue weighted by molar-refractivity contribution is 0.0518. The number of esters is 1. The Labute approximate surface area is 120 Å². The van der Waals surface area contributed by atoms with Crippen molar-refractivity contribution in [3.63, 3.8) is 0 Å². The van der Waals surface area contributed by atoms with Crippen LogP contribution in [-0.2, 0) is 4.74 Å². The van der Waals surface area contributed by atoms with Gasteiger partial charge >= 0.3 is 5.97 Å². The van der Waals surface area contributed by atoms with Gasteiger partial charge in [0, 0.05) is 11.8 Å². The van der Waals surface area contributed by atoms with Gasteiger partial charge in [-0.2, -0.15) is 5.10 Å². The van der Waals surface area contributed by atoms with Crippen molar-refractivity contribution in [2.24, 2.45) is 0 Å². The number of aryl methyl sites for hydroxylation is 1. The van der Waals surface area contributed by atoms with E-state index in [1.807, 2.05) is 0 Å². The van der Waals surface area contributed by atoms with Crippen molar-refractivity contribution in [3.8, 4) is 5.69 Å². The van der Waals surface area contributed by atoms with Crippen LogP contribution in [0.15, 0.2) is 24.4 Å². The minimum atomic E-state index is -0.457. The minimum Gasteiger partial charge on any atom is -0.461 e. The molecule has 1 heterocycles. The Morgan fingerprint density at radius 2 is 2.00 bits per heavy atom. The zero-order valence-corrected chi connectivity index (χ0v) is 12.0. The molecule has 0 N–H and O–H groups in total. The van der Waals surface area contributed by atoms with E-state index in [1.54, 1.807) is 38.2 Å². The maximum atomic E-state index is 11.7. The minimum absolute atomic E-state index is 0.262. The van der Waals surface area contributed by atoms with Gasteiger partial charge in [-0.15, -0.1) is 0 Å². The van der Waals surface area contributed by atoms with Gasteiger partial charge in [-0.25, -0.2) is 9.48 Å². The first-order valence-corrected chi connectivity index (χ1v) is 6.48. The quantitative estimate of drug-likeness (QED) is 0.812. The first-order chi connectivity index (χ1) is 9.04. The summed E-state index contributed by atoms with van der Waals surface area (Å²) < 4.78 is 6.43. The maximum absolute atomic E-state index is 11.7. The second kappa shape index (κ2) is 5.63. The number of halogens is 2. The molecule has 2 aromatic rings. The number of hydrogen-bond donors (Lipinski definition) is 0. The molecule has 0 saturated heterocycles. The molecule has 19 heavy (non-hydrogen) atoms. The molecule has 4 nitrogen and oxygen atoms in total. The molecule has 2 rings (SSSR count). The summed E-state index contributed by atoms with van der Waals surface area (Å²) in [6.45, 7) is 3.83. The van der Waals surface area contributed by atoms with Gasteiger partial charge < -0.3 is 4.74 Å². The van der Waals surface area contributed by atoms with Gasteiger partial charge in [-0.1, -0.05) is 29.3 Å². The third kappa shape index (κ3) is 2.74. The maximum Gasteiger partial charge on any atom is 0.359 e. The lowest BCUT2D eigenvalue weighted by Gasteiger charge is -2.06. The molecule has 0 bridgehead atoms. The molecule has 0 saturated carbocycles. The summed E-state index contributed by atoms with van der Waals surface area (Å²) in [6, 6.07) is 5.17. The van der Waals surface area contributed by atoms with E-state index in [2.05, 4.69) is 5.10 Å². The lowest BCUT2D eigenvalue weighted by atomic mass is 10.3. The van der Waals surface area contributed by atoms with E-state index < -0.39 is 5.97 Å². The van der Waals surface area contributed by atoms with Gasteiger partial charge in [0.15, 0.2) is 5.69 Å². The molecule has 0 fully saturated rings. The largest absolute Gasteiger partial charge is 0.461 e. The highest BCUT2D eigenvalue weighted by molar-refractivity contribution is 6.37. The highest BCUT2D eigenvalue weighted by atomic mass is 35.5. The summed E-state index contributed by atoms with van der Waals surface area (Å²) >= 11 is 12.2. The van der Waals surface area contributed by atoms with Crippen LogP contribution >= 0.6 is 23.2 Å². The van der Waals surface area contributed by atoms with Gasteiger partial charge in [0.1, 0.15) is 5.69 Å². The summed E-state index contributed by atoms with van der Waals surface area (Å²) in [5.74, 6) is -0.457. The summed E-state index contributed by atoms with van der Waals surface area (Å²) in [6.07, 6.45) is 1.69. The molecule has 0 spiro atoms. The average molecular weight is 299 g/mol. The van der Waals surface area contributed by atoms with Crippen LogP contribution in [0.4, 0.5) is 0 Å². The molecule has 0 radical (unpaired) electrons. The van der Waals surface area contributed by atoms with Crippen molar-refractivity contribution in [2.75, 3.05) is 6.61 Å². The second-order valence-electron chi connectivity index (χ2n) is 3.90. The Morgan fingerprint density at radius 1 is 1.37 bits per heavy atom. The Kier molecular flexibility index (Phi) is 4.12. The average Bonchev–Trinajstić information content (AvgIpc) is 2.71. The third-order valence-corrected chi connectivity index (χ3v) is 3.14. The smallest absolute Gasteiger partial charge is 0.359 e. The van der Waals surface area contributed by atoms with Crippen LogP contribution in [0.2, 0.25) is 10.0 Å². The van der Waals surface area contributed by atoms with Crippen LogP contribution in [0.5, 0.6) is 0 Å². The van der Waals surface area contributed by atoms with Gasteiger partial charge in [0.05, 0.1) is 16.7 Å². The van der Waals surface area contributed by atoms with Crippen molar-refractivity contribution in [1.29, 1.82) is 0 Å². The molecule has 0 aliphatic carbocycles. The molecule has 1 aromatic heterocycles. The van der Waals surface area contributed by atoms with E-state index >= 15 is 0 Å². The van der Waals surface area contributed by atoms with Crippen LogP contribution in [0.3, 0.4) is 0 Å². The van der Waals surface area contributed by atoms with Gasteiger partial charge in [-0.3, -0.25) is 0 Å². The highest BCUT2D eigenvalue weighted by Gasteiger charge is 2.17. The number of carbonyl (C=O) groups excluding carboxylic acids is 1. The van der Waals surface area contributed by atoms with Gasteiger partial charge in [0.25, 0.3) is 0 Å². The van der Waals surface area contributed by atoms with E-state index in [0.29, 0.717) is 27.9 Å². The van der Waals surface area contributed by atoms with Crippen LogP contribution in [-0.4, -0.2) is 22.4 Å². The number of hydrogen-bond acceptors (Lipinski definition) is 3. The van der Waals surface area contributed by atoms with Crippen LogP contribution in [0.25, 0.3) is 5.69 Å². The molecule has 6 heteroatoms. The Balaban J connectivity index is 2.48. The highest BCUT2D eigenvalue weighted by Crippen LogP contribution is 2.28. The second-order valence-corrected chi connectivity index (χ2v) is 4.71. The zero-order chi connectivity index (χ0) is 14.0. The molecule has 100 valence electrons. The zero-order valence-electron chi connectivity index (χ0n) is 10.5. The van der Waals surface area contributed by atoms with Crippen LogP contribution in [0, 0.1) is 6.92 Å². The molecule has 0 aliphatic rings. The standard InChI is InChI=1S/C13H12Cl2N2O2/c1-3-19-13(18)11-8(2)7-17(16-11)12-9(14)5-4-6-10(12)15/h4-7H,3H2,1-2H3. The van der Waals surface area contributed by atoms with Crippen molar-refractivity contribution < 1.29 is 9.53 Å². The summed E-state index contributed by atoms with van der Waals surface area (Å²) in [7, 11) is 0. The van der Waals surface area contributed by atoms with Crippen molar-refractivity contribution >= 4 is 29.2 Å². The van der Waals surface area contributed by atoms with Crippen LogP contribution < -0.4 is 0 Å². The normalized spacial score (nSPS) is 10.5. The Hall–Kier alpha value is -1.52. The number of rotatable bonds is 3. The number of aromatic nitrogens is 2. The number of benzene rings is 1. The molecular formula is C13H12Cl2N2O2. The summed E-state index contributed by atoms with van der Waals surface area (Å²) in [4.78, 5) is 11.7. The SMILES string of the molecule is CCOC(=O)c1nn(-c2c(Cl)cccc2Cl)cc1C. The van der Waals surface area contributed by atoms with E-state index in [-0.39, 0.29) is 5.69 Å². The fourth-order valence-corrected chi connectivity index (χ4v) is 2.25. The molecule has 0 amide bonds. The first-order valence-electron chi connectivity index (χ1n) is 5.72. The predicted molar refractivity (Wildman–Crippen MR) is 74.3 cm³/mol. The predicted octanol–water partition coefficient (Wildman–Crippen LogP) is 3.66. The van der Waals surface area contributed by atoms with Crippen LogP contribution in [0.1, 0.15) is 23.0 Å². The number of nitrogens with zero attached hydrogens (tertiary/aromatic N) is 2. The van der Waals surface area contributed by atoms with Crippen molar-refractivity contribution in [3.05, 3.63) is 45.7 Å². The van der Waals surface area contributed by atoms with E-state index in [0.717, 1.165) is 0 Å². The molecular weight excluding hydrogens is 287 g/mol. The van der Waals surface area contributed by atoms with Crippen molar-refractivity contribution in [1.82, 2.24) is 9.78 Å². The number of para-hydroxylation sites is 1. The number of carbonyl (C=O) groups is 1. The Bertz CT molecular complexity index is 603. The fraction of sp³-hybridized carbons (Fsp3) is 0.231. The van der Waals surface area contributed by atoms with E-state index in [1.165, 1.54) is 4.68 Å². The van der Waals surface area contributed by atoms with Crippen molar-refractivity contribution in [2.45, 2.75) is 13.8 Å². The van der Waals surface area contributed by atoms with Gasteiger partial charge in [-0.05, 0) is 26.0 Å². The molecule has 0 atom stereocenters. The molecule has 0 unspecified atom stereocenters. The number of ether oxygens (including phenoxy) is 1. The first kappa shape index (κ1) is 13.9. The van der Waals surface area contributed by atoms with Gasteiger partial charge in [0.2, 0.25) is 0 Å². The topological polar surface area (TPSA) is 44.1 Å². The van der Waals surface area contributed by atoms with E-state index in [4.69, 9.17) is 27.9 Å². The molecule has 0 aliphatic heterocycles. The fourth-order valence-electron chi connectivity index (χ4n) is 1.68. The monoisotopic (exact) mass is 298 g/mol. The third-order valence-electron chi connectivity index (χ3n) is 2.53. The Morgan fingerprint density at radius 3 is 2.58 bits per heavy atom. The van der Waals surface area contributed by atoms with E-state index in [9.17, 15) is 4.79 Å². The summed E-state index contributed by atoms with van der Waals surface area (Å²) in [5.41, 5.74) is 1.51.